The summed E-state index contributed by atoms with van der Waals surface area (Å²) in [5.74, 6) is -1.31. The highest BCUT2D eigenvalue weighted by molar-refractivity contribution is 7.17. The number of nitrogens with one attached hydrogen (secondary N) is 1. The van der Waals surface area contributed by atoms with Gasteiger partial charge in [0, 0.05) is 12.6 Å². The number of halogens is 1. The van der Waals surface area contributed by atoms with Crippen molar-refractivity contribution in [1.29, 1.82) is 0 Å². The zero-order valence-corrected chi connectivity index (χ0v) is 12.5. The summed E-state index contributed by atoms with van der Waals surface area (Å²) in [6, 6.07) is 4.63. The molecule has 110 valence electrons. The second-order valence-corrected chi connectivity index (χ2v) is 5.33. The zero-order valence-electron chi connectivity index (χ0n) is 11.7. The second-order valence-electron chi connectivity index (χ2n) is 4.33. The van der Waals surface area contributed by atoms with Crippen molar-refractivity contribution in [3.63, 3.8) is 0 Å². The number of carbonyl (C=O) groups excluding carboxylic acids is 2. The van der Waals surface area contributed by atoms with E-state index in [1.54, 1.807) is 19.1 Å². The lowest BCUT2D eigenvalue weighted by molar-refractivity contribution is 0.0591. The molecule has 0 unspecified atom stereocenters. The number of carbonyl (C=O) groups is 2. The number of Topliss-reactive ketones (excluding diaryl/α,β-unsaturated/α-hetero) is 1. The Balaban J connectivity index is 2.34. The number of benzene rings is 1. The number of ether oxygens (including phenoxy) is 1. The van der Waals surface area contributed by atoms with E-state index >= 15 is 0 Å². The lowest BCUT2D eigenvalue weighted by Crippen LogP contribution is -2.07. The van der Waals surface area contributed by atoms with E-state index in [0.29, 0.717) is 16.4 Å². The molecule has 2 aromatic rings. The van der Waals surface area contributed by atoms with Crippen molar-refractivity contribution in [2.75, 3.05) is 12.4 Å². The summed E-state index contributed by atoms with van der Waals surface area (Å²) in [4.78, 5) is 27.4. The van der Waals surface area contributed by atoms with Crippen LogP contribution in [0.3, 0.4) is 0 Å². The van der Waals surface area contributed by atoms with Gasteiger partial charge in [-0.2, -0.15) is 0 Å². The fourth-order valence-corrected chi connectivity index (χ4v) is 2.51. The maximum atomic E-state index is 13.5. The van der Waals surface area contributed by atoms with Crippen LogP contribution in [-0.4, -0.2) is 23.8 Å². The summed E-state index contributed by atoms with van der Waals surface area (Å²) in [5, 5.41) is 3.20. The molecule has 0 fully saturated rings. The molecule has 7 heteroatoms. The van der Waals surface area contributed by atoms with Crippen LogP contribution in [0, 0.1) is 12.7 Å². The van der Waals surface area contributed by atoms with Crippen molar-refractivity contribution in [1.82, 2.24) is 4.98 Å². The molecule has 0 saturated heterocycles. The first-order valence-electron chi connectivity index (χ1n) is 6.05. The molecule has 5 nitrogen and oxygen atoms in total. The number of nitrogens with zero attached hydrogens (tertiary/aromatic N) is 1. The minimum atomic E-state index is -0.681. The van der Waals surface area contributed by atoms with Gasteiger partial charge in [-0.25, -0.2) is 14.2 Å². The molecule has 0 aliphatic rings. The monoisotopic (exact) mass is 308 g/mol. The van der Waals surface area contributed by atoms with Crippen LogP contribution in [0.25, 0.3) is 0 Å². The van der Waals surface area contributed by atoms with E-state index in [1.807, 2.05) is 0 Å². The van der Waals surface area contributed by atoms with Crippen molar-refractivity contribution in [2.24, 2.45) is 0 Å². The van der Waals surface area contributed by atoms with Crippen LogP contribution >= 0.6 is 11.3 Å². The third-order valence-electron chi connectivity index (χ3n) is 2.75. The molecule has 1 N–H and O–H groups in total. The van der Waals surface area contributed by atoms with Gasteiger partial charge < -0.3 is 10.1 Å². The number of methoxy groups -OCH3 is 1. The molecule has 0 saturated carbocycles. The van der Waals surface area contributed by atoms with Crippen LogP contribution in [0.2, 0.25) is 0 Å². The number of hydrogen-bond acceptors (Lipinski definition) is 6. The van der Waals surface area contributed by atoms with Crippen molar-refractivity contribution >= 4 is 33.9 Å². The molecule has 1 aromatic heterocycles. The Morgan fingerprint density at radius 3 is 2.67 bits per heavy atom. The number of esters is 1. The predicted molar refractivity (Wildman–Crippen MR) is 77.9 cm³/mol. The van der Waals surface area contributed by atoms with E-state index in [0.717, 1.165) is 11.3 Å². The van der Waals surface area contributed by atoms with Gasteiger partial charge in [0.25, 0.3) is 0 Å². The van der Waals surface area contributed by atoms with E-state index in [4.69, 9.17) is 0 Å². The predicted octanol–water partition coefficient (Wildman–Crippen LogP) is 3.32. The topological polar surface area (TPSA) is 68.3 Å². The van der Waals surface area contributed by atoms with Crippen molar-refractivity contribution < 1.29 is 18.7 Å². The van der Waals surface area contributed by atoms with Crippen LogP contribution in [-0.2, 0) is 4.74 Å². The number of thiazole rings is 1. The average molecular weight is 308 g/mol. The minimum absolute atomic E-state index is 0.0370. The minimum Gasteiger partial charge on any atom is -0.464 e. The van der Waals surface area contributed by atoms with E-state index in [1.165, 1.54) is 20.1 Å². The molecule has 1 aromatic carbocycles. The summed E-state index contributed by atoms with van der Waals surface area (Å²) in [6.07, 6.45) is 0. The maximum Gasteiger partial charge on any atom is 0.358 e. The number of hydrogen-bond donors (Lipinski definition) is 1. The molecule has 0 spiro atoms. The number of aromatic nitrogens is 1. The molecule has 0 aliphatic carbocycles. The molecule has 21 heavy (non-hydrogen) atoms. The smallest absolute Gasteiger partial charge is 0.358 e. The Hall–Kier alpha value is -2.28. The SMILES string of the molecule is COC(=O)c1nc(Nc2ccc(C)c(F)c2)sc1C(C)=O. The maximum absolute atomic E-state index is 13.5. The highest BCUT2D eigenvalue weighted by atomic mass is 32.1. The summed E-state index contributed by atoms with van der Waals surface area (Å²) >= 11 is 1.02. The highest BCUT2D eigenvalue weighted by Crippen LogP contribution is 2.27. The molecule has 2 rings (SSSR count). The van der Waals surface area contributed by atoms with Crippen LogP contribution in [0.5, 0.6) is 0 Å². The third kappa shape index (κ3) is 3.25. The van der Waals surface area contributed by atoms with Crippen molar-refractivity contribution in [2.45, 2.75) is 13.8 Å². The van der Waals surface area contributed by atoms with Crippen molar-refractivity contribution in [3.05, 3.63) is 40.2 Å². The Morgan fingerprint density at radius 1 is 1.38 bits per heavy atom. The quantitative estimate of drug-likeness (QED) is 0.693. The van der Waals surface area contributed by atoms with E-state index in [9.17, 15) is 14.0 Å². The largest absolute Gasteiger partial charge is 0.464 e. The lowest BCUT2D eigenvalue weighted by Gasteiger charge is -2.03. The average Bonchev–Trinajstić information content (AvgIpc) is 2.86. The van der Waals surface area contributed by atoms with E-state index in [2.05, 4.69) is 15.0 Å². The fraction of sp³-hybridized carbons (Fsp3) is 0.214. The van der Waals surface area contributed by atoms with Crippen LogP contribution in [0.15, 0.2) is 18.2 Å². The van der Waals surface area contributed by atoms with E-state index < -0.39 is 5.97 Å². The van der Waals surface area contributed by atoms with Gasteiger partial charge in [0.05, 0.1) is 7.11 Å². The lowest BCUT2D eigenvalue weighted by atomic mass is 10.2. The molecule has 0 bridgehead atoms. The van der Waals surface area contributed by atoms with Gasteiger partial charge in [-0.05, 0) is 24.6 Å². The molecule has 0 amide bonds. The third-order valence-corrected chi connectivity index (χ3v) is 3.82. The first kappa shape index (κ1) is 15.1. The molecular formula is C14H13FN2O3S. The van der Waals surface area contributed by atoms with Gasteiger partial charge in [0.1, 0.15) is 10.7 Å². The first-order chi connectivity index (χ1) is 9.92. The number of rotatable bonds is 4. The van der Waals surface area contributed by atoms with Crippen LogP contribution < -0.4 is 5.32 Å². The standard InChI is InChI=1S/C14H13FN2O3S/c1-7-4-5-9(6-10(7)15)16-14-17-11(13(19)20-3)12(21-14)8(2)18/h4-6H,1-3H3,(H,16,17). The van der Waals surface area contributed by atoms with Gasteiger partial charge in [-0.1, -0.05) is 17.4 Å². The fourth-order valence-electron chi connectivity index (χ4n) is 1.64. The highest BCUT2D eigenvalue weighted by Gasteiger charge is 2.21. The number of anilines is 2. The molecular weight excluding hydrogens is 295 g/mol. The van der Waals surface area contributed by atoms with Crippen molar-refractivity contribution in [3.8, 4) is 0 Å². The van der Waals surface area contributed by atoms with Gasteiger partial charge in [0.15, 0.2) is 16.6 Å². The molecule has 0 aliphatic heterocycles. The Morgan fingerprint density at radius 2 is 2.10 bits per heavy atom. The van der Waals surface area contributed by atoms with Gasteiger partial charge in [-0.15, -0.1) is 0 Å². The normalized spacial score (nSPS) is 10.3. The second kappa shape index (κ2) is 6.01. The zero-order chi connectivity index (χ0) is 15.6. The summed E-state index contributed by atoms with van der Waals surface area (Å²) in [6.45, 7) is 3.00. The Labute approximate surface area is 124 Å². The van der Waals surface area contributed by atoms with Crippen LogP contribution in [0.1, 0.15) is 32.6 Å². The number of ketones is 1. The van der Waals surface area contributed by atoms with Gasteiger partial charge in [0.2, 0.25) is 0 Å². The molecule has 0 atom stereocenters. The Bertz CT molecular complexity index is 712. The van der Waals surface area contributed by atoms with Gasteiger partial charge in [-0.3, -0.25) is 4.79 Å². The summed E-state index contributed by atoms with van der Waals surface area (Å²) < 4.78 is 18.1. The Kier molecular flexibility index (Phi) is 4.32. The number of aryl methyl sites for hydroxylation is 1. The van der Waals surface area contributed by atoms with Gasteiger partial charge >= 0.3 is 5.97 Å². The molecule has 0 radical (unpaired) electrons. The van der Waals surface area contributed by atoms with Crippen LogP contribution in [0.4, 0.5) is 15.2 Å². The van der Waals surface area contributed by atoms with E-state index in [-0.39, 0.29) is 22.2 Å². The first-order valence-corrected chi connectivity index (χ1v) is 6.87. The summed E-state index contributed by atoms with van der Waals surface area (Å²) in [5.41, 5.74) is 0.975. The summed E-state index contributed by atoms with van der Waals surface area (Å²) in [7, 11) is 1.22. The molecule has 1 heterocycles.